The van der Waals surface area contributed by atoms with E-state index in [4.69, 9.17) is 6.58 Å². The third-order valence-corrected chi connectivity index (χ3v) is 2.35. The first kappa shape index (κ1) is 18.1. The molecular formula is C15H23Au. The van der Waals surface area contributed by atoms with Gasteiger partial charge in [0, 0.05) is 0 Å². The molecule has 16 heavy (non-hydrogen) atoms. The van der Waals surface area contributed by atoms with Crippen LogP contribution in [0.5, 0.6) is 0 Å². The molecule has 1 heteroatoms. The van der Waals surface area contributed by atoms with Gasteiger partial charge in [-0.3, -0.25) is 0 Å². The van der Waals surface area contributed by atoms with Gasteiger partial charge in [-0.05, 0) is 40.0 Å². The van der Waals surface area contributed by atoms with Crippen LogP contribution in [0, 0.1) is 6.58 Å². The van der Waals surface area contributed by atoms with Gasteiger partial charge in [-0.25, -0.2) is 6.58 Å². The summed E-state index contributed by atoms with van der Waals surface area (Å²) in [6, 6.07) is 0. The molecule has 0 aromatic heterocycles. The first-order valence-electron chi connectivity index (χ1n) is 5.64. The Morgan fingerprint density at radius 1 is 1.00 bits per heavy atom. The Balaban J connectivity index is 0. The molecule has 0 aliphatic carbocycles. The molecule has 0 aliphatic heterocycles. The van der Waals surface area contributed by atoms with E-state index in [-0.39, 0.29) is 22.4 Å². The standard InChI is InChI=1S/C15H23.Au/c1-6-14(4)10-8-12-15(5)11-7-9-13(2)3;/h1,9,12H,7-8,10-11H2,2-5H3;/q-1;+1. The molecule has 0 N–H and O–H groups in total. The average Bonchev–Trinajstić information content (AvgIpc) is 2.17. The molecular weight excluding hydrogens is 377 g/mol. The Bertz CT molecular complexity index is 285. The third-order valence-electron chi connectivity index (χ3n) is 2.35. The predicted molar refractivity (Wildman–Crippen MR) is 68.7 cm³/mol. The van der Waals surface area contributed by atoms with E-state index in [0.717, 1.165) is 24.8 Å². The van der Waals surface area contributed by atoms with Gasteiger partial charge in [0.05, 0.1) is 0 Å². The minimum absolute atomic E-state index is 0. The second kappa shape index (κ2) is 11.2. The molecule has 0 rings (SSSR count). The van der Waals surface area contributed by atoms with E-state index in [9.17, 15) is 0 Å². The summed E-state index contributed by atoms with van der Waals surface area (Å²) in [5, 5.41) is 0. The van der Waals surface area contributed by atoms with Crippen LogP contribution in [-0.4, -0.2) is 0 Å². The number of hydrogen-bond donors (Lipinski definition) is 0. The number of rotatable bonds is 6. The molecule has 0 aromatic rings. The van der Waals surface area contributed by atoms with Crippen LogP contribution in [0.25, 0.3) is 0 Å². The number of hydrogen-bond acceptors (Lipinski definition) is 0. The van der Waals surface area contributed by atoms with E-state index in [2.05, 4.69) is 38.7 Å². The van der Waals surface area contributed by atoms with Gasteiger partial charge >= 0.3 is 22.4 Å². The van der Waals surface area contributed by atoms with Crippen molar-refractivity contribution in [3.63, 3.8) is 0 Å². The Kier molecular flexibility index (Phi) is 12.7. The molecule has 0 unspecified atom stereocenters. The molecule has 0 bridgehead atoms. The zero-order valence-electron chi connectivity index (χ0n) is 10.9. The summed E-state index contributed by atoms with van der Waals surface area (Å²) in [6.07, 6.45) is 9.02. The molecule has 0 aromatic carbocycles. The quantitative estimate of drug-likeness (QED) is 0.255. The fraction of sp³-hybridized carbons (Fsp3) is 0.533. The average molecular weight is 400 g/mol. The monoisotopic (exact) mass is 400 g/mol. The maximum absolute atomic E-state index is 5.29. The van der Waals surface area contributed by atoms with Gasteiger partial charge in [0.1, 0.15) is 0 Å². The fourth-order valence-electron chi connectivity index (χ4n) is 1.30. The van der Waals surface area contributed by atoms with E-state index in [1.54, 1.807) is 0 Å². The first-order valence-corrected chi connectivity index (χ1v) is 5.64. The third kappa shape index (κ3) is 11.8. The molecule has 0 nitrogen and oxygen atoms in total. The Morgan fingerprint density at radius 3 is 2.06 bits per heavy atom. The van der Waals surface area contributed by atoms with E-state index < -0.39 is 0 Å². The van der Waals surface area contributed by atoms with Gasteiger partial charge in [-0.2, -0.15) is 5.57 Å². The predicted octanol–water partition coefficient (Wildman–Crippen LogP) is 4.99. The summed E-state index contributed by atoms with van der Waals surface area (Å²) in [7, 11) is 0. The van der Waals surface area contributed by atoms with E-state index in [1.165, 1.54) is 17.6 Å². The molecule has 0 saturated heterocycles. The van der Waals surface area contributed by atoms with Crippen LogP contribution in [0.15, 0.2) is 34.6 Å². The van der Waals surface area contributed by atoms with Gasteiger partial charge in [-0.15, -0.1) is 6.92 Å². The van der Waals surface area contributed by atoms with Crippen LogP contribution in [-0.2, 0) is 22.4 Å². The van der Waals surface area contributed by atoms with Gasteiger partial charge in [0.15, 0.2) is 0 Å². The van der Waals surface area contributed by atoms with Crippen molar-refractivity contribution in [1.82, 2.24) is 0 Å². The summed E-state index contributed by atoms with van der Waals surface area (Å²) in [5.74, 6) is 0. The van der Waals surface area contributed by atoms with Crippen LogP contribution in [0.1, 0.15) is 53.4 Å². The van der Waals surface area contributed by atoms with Gasteiger partial charge in [-0.1, -0.05) is 29.7 Å². The second-order valence-corrected chi connectivity index (χ2v) is 4.33. The summed E-state index contributed by atoms with van der Waals surface area (Å²) in [6.45, 7) is 13.8. The van der Waals surface area contributed by atoms with Crippen LogP contribution < -0.4 is 0 Å². The zero-order chi connectivity index (χ0) is 11.7. The Labute approximate surface area is 117 Å². The largest absolute Gasteiger partial charge is 1.00 e. The second-order valence-electron chi connectivity index (χ2n) is 4.33. The van der Waals surface area contributed by atoms with E-state index >= 15 is 0 Å². The molecule has 0 heterocycles. The normalized spacial score (nSPS) is 10.1. The van der Waals surface area contributed by atoms with Gasteiger partial charge in [0.2, 0.25) is 0 Å². The number of allylic oxidation sites excluding steroid dienone is 5. The van der Waals surface area contributed by atoms with Crippen LogP contribution in [0.4, 0.5) is 0 Å². The van der Waals surface area contributed by atoms with E-state index in [0.29, 0.717) is 0 Å². The molecule has 0 aliphatic rings. The first-order chi connectivity index (χ1) is 7.06. The SMILES string of the molecule is [Au+].[CH-]=C=C(C)CCC=C(C)CCC=C(C)C. The topological polar surface area (TPSA) is 0 Å². The van der Waals surface area contributed by atoms with Crippen molar-refractivity contribution in [1.29, 1.82) is 0 Å². The van der Waals surface area contributed by atoms with Crippen molar-refractivity contribution in [2.24, 2.45) is 0 Å². The van der Waals surface area contributed by atoms with Crippen molar-refractivity contribution >= 4 is 0 Å². The van der Waals surface area contributed by atoms with Crippen molar-refractivity contribution in [3.05, 3.63) is 41.2 Å². The minimum atomic E-state index is 0. The molecule has 0 amide bonds. The van der Waals surface area contributed by atoms with Crippen LogP contribution in [0.3, 0.4) is 0 Å². The summed E-state index contributed by atoms with van der Waals surface area (Å²) in [5.41, 5.74) is 6.69. The van der Waals surface area contributed by atoms with Crippen LogP contribution in [0.2, 0.25) is 0 Å². The minimum Gasteiger partial charge on any atom is -0.336 e. The van der Waals surface area contributed by atoms with Crippen molar-refractivity contribution in [3.8, 4) is 0 Å². The van der Waals surface area contributed by atoms with Crippen molar-refractivity contribution < 1.29 is 22.4 Å². The van der Waals surface area contributed by atoms with Crippen molar-refractivity contribution in [2.75, 3.05) is 0 Å². The Morgan fingerprint density at radius 2 is 1.56 bits per heavy atom. The summed E-state index contributed by atoms with van der Waals surface area (Å²) >= 11 is 0. The molecule has 0 fully saturated rings. The molecule has 0 atom stereocenters. The van der Waals surface area contributed by atoms with Gasteiger partial charge < -0.3 is 5.73 Å². The molecule has 94 valence electrons. The summed E-state index contributed by atoms with van der Waals surface area (Å²) < 4.78 is 0. The molecule has 0 saturated carbocycles. The zero-order valence-corrected chi connectivity index (χ0v) is 13.0. The smallest absolute Gasteiger partial charge is 0.336 e. The molecule has 0 spiro atoms. The van der Waals surface area contributed by atoms with E-state index in [1.807, 2.05) is 6.92 Å². The fourth-order valence-corrected chi connectivity index (χ4v) is 1.30. The van der Waals surface area contributed by atoms with Crippen LogP contribution >= 0.6 is 0 Å². The summed E-state index contributed by atoms with van der Waals surface area (Å²) in [4.78, 5) is 0. The maximum atomic E-state index is 5.29. The Hall–Kier alpha value is -0.260. The maximum Gasteiger partial charge on any atom is 1.00 e. The van der Waals surface area contributed by atoms with Gasteiger partial charge in [0.25, 0.3) is 0 Å². The molecule has 0 radical (unpaired) electrons. The van der Waals surface area contributed by atoms with Crippen molar-refractivity contribution in [2.45, 2.75) is 53.4 Å².